The minimum Gasteiger partial charge on any atom is -0.389 e. The first kappa shape index (κ1) is 21.3. The fourth-order valence-electron chi connectivity index (χ4n) is 3.32. The van der Waals surface area contributed by atoms with E-state index < -0.39 is 11.4 Å². The molecule has 0 atom stereocenters. The number of anilines is 1. The van der Waals surface area contributed by atoms with E-state index in [1.54, 1.807) is 62.6 Å². The van der Waals surface area contributed by atoms with E-state index in [0.29, 0.717) is 28.2 Å². The van der Waals surface area contributed by atoms with Crippen LogP contribution in [0.4, 0.5) is 10.3 Å². The predicted octanol–water partition coefficient (Wildman–Crippen LogP) is 2.10. The van der Waals surface area contributed by atoms with E-state index >= 15 is 0 Å². The molecule has 4 aromatic rings. The van der Waals surface area contributed by atoms with Crippen molar-refractivity contribution in [2.75, 3.05) is 5.73 Å². The number of pyridine rings is 1. The van der Waals surface area contributed by atoms with Crippen LogP contribution in [0.25, 0.3) is 22.6 Å². The van der Waals surface area contributed by atoms with Crippen LogP contribution in [0.5, 0.6) is 0 Å². The Morgan fingerprint density at radius 3 is 2.59 bits per heavy atom. The zero-order valence-corrected chi connectivity index (χ0v) is 17.6. The molecule has 9 nitrogen and oxygen atoms in total. The smallest absolute Gasteiger partial charge is 0.255 e. The molecular formula is C22H22FN7O2. The number of nitrogen functional groups attached to an aromatic ring is 1. The summed E-state index contributed by atoms with van der Waals surface area (Å²) in [6.07, 6.45) is 3.25. The maximum absolute atomic E-state index is 14.2. The summed E-state index contributed by atoms with van der Waals surface area (Å²) < 4.78 is 17.1. The van der Waals surface area contributed by atoms with Crippen LogP contribution in [0.3, 0.4) is 0 Å². The Balaban J connectivity index is 1.63. The van der Waals surface area contributed by atoms with Crippen molar-refractivity contribution < 1.29 is 9.50 Å². The van der Waals surface area contributed by atoms with E-state index in [9.17, 15) is 14.3 Å². The van der Waals surface area contributed by atoms with Crippen molar-refractivity contribution >= 4 is 5.95 Å². The highest BCUT2D eigenvalue weighted by Crippen LogP contribution is 2.25. The van der Waals surface area contributed by atoms with Crippen LogP contribution < -0.4 is 11.3 Å². The van der Waals surface area contributed by atoms with Gasteiger partial charge in [-0.05, 0) is 38.1 Å². The molecule has 164 valence electrons. The zero-order valence-electron chi connectivity index (χ0n) is 17.6. The van der Waals surface area contributed by atoms with Crippen LogP contribution in [-0.2, 0) is 13.1 Å². The van der Waals surface area contributed by atoms with Gasteiger partial charge in [0.2, 0.25) is 5.95 Å². The lowest BCUT2D eigenvalue weighted by Crippen LogP contribution is -2.34. The van der Waals surface area contributed by atoms with Gasteiger partial charge in [-0.15, -0.1) is 5.10 Å². The average Bonchev–Trinajstić information content (AvgIpc) is 3.19. The fraction of sp³-hybridized carbons (Fsp3) is 0.227. The van der Waals surface area contributed by atoms with Gasteiger partial charge in [0.1, 0.15) is 11.5 Å². The molecule has 32 heavy (non-hydrogen) atoms. The second kappa shape index (κ2) is 8.31. The van der Waals surface area contributed by atoms with Crippen LogP contribution in [0.2, 0.25) is 0 Å². The number of halogens is 1. The Bertz CT molecular complexity index is 1320. The topological polar surface area (TPSA) is 125 Å². The van der Waals surface area contributed by atoms with Gasteiger partial charge in [0.25, 0.3) is 5.56 Å². The van der Waals surface area contributed by atoms with E-state index in [0.717, 1.165) is 0 Å². The lowest BCUT2D eigenvalue weighted by molar-refractivity contribution is 0.0603. The van der Waals surface area contributed by atoms with Crippen LogP contribution in [0, 0.1) is 5.82 Å². The first-order valence-electron chi connectivity index (χ1n) is 9.90. The van der Waals surface area contributed by atoms with Gasteiger partial charge >= 0.3 is 0 Å². The molecule has 0 fully saturated rings. The molecule has 0 aliphatic heterocycles. The molecule has 0 bridgehead atoms. The summed E-state index contributed by atoms with van der Waals surface area (Å²) in [7, 11) is 0. The Morgan fingerprint density at radius 2 is 1.84 bits per heavy atom. The van der Waals surface area contributed by atoms with Gasteiger partial charge in [0, 0.05) is 17.3 Å². The molecule has 0 saturated heterocycles. The molecule has 0 saturated carbocycles. The lowest BCUT2D eigenvalue weighted by Gasteiger charge is -2.19. The van der Waals surface area contributed by atoms with Crippen LogP contribution >= 0.6 is 0 Å². The second-order valence-corrected chi connectivity index (χ2v) is 8.06. The molecule has 4 rings (SSSR count). The van der Waals surface area contributed by atoms with E-state index in [4.69, 9.17) is 5.73 Å². The Hall–Kier alpha value is -3.92. The van der Waals surface area contributed by atoms with Crippen molar-refractivity contribution in [1.82, 2.24) is 29.5 Å². The third-order valence-corrected chi connectivity index (χ3v) is 4.68. The minimum atomic E-state index is -1.02. The maximum Gasteiger partial charge on any atom is 0.255 e. The number of aliphatic hydroxyl groups is 1. The SMILES string of the molecule is CC(C)(O)Cn1cccc(Cn2cc(-c3cc(-c4ccccc4F)nc(N)n3)nn2)c1=O. The first-order valence-corrected chi connectivity index (χ1v) is 9.90. The number of hydrogen-bond acceptors (Lipinski definition) is 7. The molecule has 0 aliphatic rings. The first-order chi connectivity index (χ1) is 15.2. The maximum atomic E-state index is 14.2. The highest BCUT2D eigenvalue weighted by molar-refractivity contribution is 5.67. The van der Waals surface area contributed by atoms with Crippen LogP contribution in [-0.4, -0.2) is 40.2 Å². The van der Waals surface area contributed by atoms with Gasteiger partial charge < -0.3 is 15.4 Å². The Morgan fingerprint density at radius 1 is 1.09 bits per heavy atom. The molecule has 3 heterocycles. The van der Waals surface area contributed by atoms with Crippen LogP contribution in [0.15, 0.2) is 59.7 Å². The summed E-state index contributed by atoms with van der Waals surface area (Å²) in [5.74, 6) is -0.445. The van der Waals surface area contributed by atoms with Crippen molar-refractivity contribution in [2.24, 2.45) is 0 Å². The Kier molecular flexibility index (Phi) is 5.54. The van der Waals surface area contributed by atoms with Gasteiger partial charge in [0.15, 0.2) is 0 Å². The van der Waals surface area contributed by atoms with Crippen molar-refractivity contribution in [3.05, 3.63) is 76.6 Å². The number of rotatable bonds is 6. The zero-order chi connectivity index (χ0) is 22.9. The van der Waals surface area contributed by atoms with E-state index in [2.05, 4.69) is 20.3 Å². The van der Waals surface area contributed by atoms with Crippen molar-refractivity contribution in [1.29, 1.82) is 0 Å². The summed E-state index contributed by atoms with van der Waals surface area (Å²) in [5.41, 5.74) is 6.50. The number of nitrogens with two attached hydrogens (primary N) is 1. The van der Waals surface area contributed by atoms with E-state index in [1.807, 2.05) is 0 Å². The quantitative estimate of drug-likeness (QED) is 0.475. The monoisotopic (exact) mass is 435 g/mol. The third-order valence-electron chi connectivity index (χ3n) is 4.68. The van der Waals surface area contributed by atoms with Crippen molar-refractivity contribution in [3.8, 4) is 22.6 Å². The average molecular weight is 435 g/mol. The number of nitrogens with zero attached hydrogens (tertiary/aromatic N) is 6. The highest BCUT2D eigenvalue weighted by Gasteiger charge is 2.16. The largest absolute Gasteiger partial charge is 0.389 e. The molecule has 3 aromatic heterocycles. The Labute approximate surface area is 183 Å². The standard InChI is InChI=1S/C22H22FN7O2/c1-22(2,32)13-29-9-5-6-14(20(29)31)11-30-12-19(27-28-30)18-10-17(25-21(24)26-18)15-7-3-4-8-16(15)23/h3-10,12,32H,11,13H2,1-2H3,(H2,24,25,26). The highest BCUT2D eigenvalue weighted by atomic mass is 19.1. The number of hydrogen-bond donors (Lipinski definition) is 2. The molecule has 0 radical (unpaired) electrons. The molecule has 0 aliphatic carbocycles. The van der Waals surface area contributed by atoms with Gasteiger partial charge in [-0.2, -0.15) is 0 Å². The molecular weight excluding hydrogens is 413 g/mol. The normalized spacial score (nSPS) is 11.6. The van der Waals surface area contributed by atoms with Crippen molar-refractivity contribution in [2.45, 2.75) is 32.5 Å². The van der Waals surface area contributed by atoms with Gasteiger partial charge in [0.05, 0.1) is 36.3 Å². The van der Waals surface area contributed by atoms with Gasteiger partial charge in [-0.3, -0.25) is 4.79 Å². The number of aromatic nitrogens is 6. The fourth-order valence-corrected chi connectivity index (χ4v) is 3.32. The molecule has 1 aromatic carbocycles. The molecule has 10 heteroatoms. The van der Waals surface area contributed by atoms with Gasteiger partial charge in [-0.1, -0.05) is 23.4 Å². The summed E-state index contributed by atoms with van der Waals surface area (Å²) in [5, 5.41) is 18.2. The van der Waals surface area contributed by atoms with E-state index in [1.165, 1.54) is 15.3 Å². The summed E-state index contributed by atoms with van der Waals surface area (Å²) in [4.78, 5) is 21.0. The molecule has 0 unspecified atom stereocenters. The second-order valence-electron chi connectivity index (χ2n) is 8.06. The summed E-state index contributed by atoms with van der Waals surface area (Å²) in [6.45, 7) is 3.62. The lowest BCUT2D eigenvalue weighted by atomic mass is 10.1. The summed E-state index contributed by atoms with van der Waals surface area (Å²) >= 11 is 0. The van der Waals surface area contributed by atoms with E-state index in [-0.39, 0.29) is 24.6 Å². The molecule has 0 spiro atoms. The third kappa shape index (κ3) is 4.70. The number of benzene rings is 1. The van der Waals surface area contributed by atoms with Gasteiger partial charge in [-0.25, -0.2) is 19.0 Å². The molecule has 3 N–H and O–H groups in total. The molecule has 0 amide bonds. The van der Waals surface area contributed by atoms with Crippen LogP contribution in [0.1, 0.15) is 19.4 Å². The predicted molar refractivity (Wildman–Crippen MR) is 117 cm³/mol. The van der Waals surface area contributed by atoms with Crippen molar-refractivity contribution in [3.63, 3.8) is 0 Å². The summed E-state index contributed by atoms with van der Waals surface area (Å²) in [6, 6.07) is 11.3. The minimum absolute atomic E-state index is 0.0205.